The van der Waals surface area contributed by atoms with Crippen LogP contribution in [0.2, 0.25) is 0 Å². The first-order valence-corrected chi connectivity index (χ1v) is 7.01. The van der Waals surface area contributed by atoms with Gasteiger partial charge >= 0.3 is 0 Å². The molecule has 1 amide bonds. The summed E-state index contributed by atoms with van der Waals surface area (Å²) in [5.41, 5.74) is 1.05. The van der Waals surface area contributed by atoms with E-state index in [1.807, 2.05) is 6.07 Å². The van der Waals surface area contributed by atoms with E-state index in [4.69, 9.17) is 0 Å². The average molecular weight is 264 g/mol. The normalized spacial score (nSPS) is 19.6. The molecular weight excluding hydrogens is 240 g/mol. The number of hydrogen-bond acceptors (Lipinski definition) is 3. The van der Waals surface area contributed by atoms with Gasteiger partial charge in [-0.25, -0.2) is 0 Å². The number of aromatic nitrogens is 2. The first kappa shape index (κ1) is 14.1. The van der Waals surface area contributed by atoms with Crippen molar-refractivity contribution in [1.82, 2.24) is 15.5 Å². The predicted octanol–water partition coefficient (Wildman–Crippen LogP) is 2.04. The maximum atomic E-state index is 11.8. The summed E-state index contributed by atoms with van der Waals surface area (Å²) < 4.78 is 0. The van der Waals surface area contributed by atoms with Crippen LogP contribution in [0.5, 0.6) is 0 Å². The molecule has 106 valence electrons. The first-order chi connectivity index (χ1) is 8.95. The first-order valence-electron chi connectivity index (χ1n) is 7.01. The molecule has 5 nitrogen and oxygen atoms in total. The van der Waals surface area contributed by atoms with E-state index in [1.54, 1.807) is 0 Å². The van der Waals surface area contributed by atoms with Crippen molar-refractivity contribution < 1.29 is 4.79 Å². The van der Waals surface area contributed by atoms with E-state index in [2.05, 4.69) is 41.6 Å². The van der Waals surface area contributed by atoms with Crippen molar-refractivity contribution in [2.45, 2.75) is 45.4 Å². The topological polar surface area (TPSA) is 69.8 Å². The van der Waals surface area contributed by atoms with Crippen molar-refractivity contribution in [3.05, 3.63) is 11.8 Å². The molecule has 0 aliphatic carbocycles. The summed E-state index contributed by atoms with van der Waals surface area (Å²) in [5, 5.41) is 13.3. The summed E-state index contributed by atoms with van der Waals surface area (Å²) in [5.74, 6) is 1.33. The number of carbonyl (C=O) groups excluding carboxylic acids is 1. The number of nitrogens with zero attached hydrogens (tertiary/aromatic N) is 1. The highest BCUT2D eigenvalue weighted by Crippen LogP contribution is 2.22. The van der Waals surface area contributed by atoms with Gasteiger partial charge in [0.25, 0.3) is 0 Å². The highest BCUT2D eigenvalue weighted by atomic mass is 16.1. The highest BCUT2D eigenvalue weighted by molar-refractivity contribution is 5.89. The van der Waals surface area contributed by atoms with Crippen LogP contribution in [0.15, 0.2) is 6.07 Å². The molecule has 1 aliphatic rings. The summed E-state index contributed by atoms with van der Waals surface area (Å²) in [6, 6.07) is 1.91. The lowest BCUT2D eigenvalue weighted by molar-refractivity contribution is -0.116. The monoisotopic (exact) mass is 264 g/mol. The molecule has 3 N–H and O–H groups in total. The number of carbonyl (C=O) groups is 1. The molecule has 0 spiro atoms. The Hall–Kier alpha value is -1.36. The molecule has 1 aromatic rings. The summed E-state index contributed by atoms with van der Waals surface area (Å²) >= 11 is 0. The van der Waals surface area contributed by atoms with E-state index in [9.17, 15) is 4.79 Å². The van der Waals surface area contributed by atoms with Crippen LogP contribution in [0.3, 0.4) is 0 Å². The van der Waals surface area contributed by atoms with Crippen molar-refractivity contribution in [1.29, 1.82) is 0 Å². The summed E-state index contributed by atoms with van der Waals surface area (Å²) in [6.07, 6.45) is 2.71. The molecular formula is C14H24N4O. The lowest BCUT2D eigenvalue weighted by atomic mass is 9.92. The molecule has 2 rings (SSSR count). The average Bonchev–Trinajstić information content (AvgIpc) is 2.95. The van der Waals surface area contributed by atoms with Gasteiger partial charge in [0.1, 0.15) is 0 Å². The minimum absolute atomic E-state index is 0.0193. The number of rotatable bonds is 4. The second-order valence-corrected chi connectivity index (χ2v) is 6.36. The number of nitrogens with one attached hydrogen (secondary N) is 3. The smallest absolute Gasteiger partial charge is 0.225 e. The molecule has 1 fully saturated rings. The van der Waals surface area contributed by atoms with Gasteiger partial charge in [-0.15, -0.1) is 0 Å². The molecule has 1 saturated heterocycles. The maximum absolute atomic E-state index is 11.8. The molecule has 0 aromatic carbocycles. The van der Waals surface area contributed by atoms with Gasteiger partial charge < -0.3 is 10.6 Å². The molecule has 1 atom stereocenters. The minimum atomic E-state index is 0.0193. The lowest BCUT2D eigenvalue weighted by Crippen LogP contribution is -2.15. The van der Waals surface area contributed by atoms with Crippen LogP contribution in [0.4, 0.5) is 5.82 Å². The lowest BCUT2D eigenvalue weighted by Gasteiger charge is -2.14. The SMILES string of the molecule is CC(C)(C)c1cc(NC(=O)CCC2CCNC2)n[nH]1. The Kier molecular flexibility index (Phi) is 4.24. The molecule has 5 heteroatoms. The number of anilines is 1. The van der Waals surface area contributed by atoms with Crippen molar-refractivity contribution in [3.8, 4) is 0 Å². The third kappa shape index (κ3) is 4.06. The van der Waals surface area contributed by atoms with Crippen molar-refractivity contribution >= 4 is 11.7 Å². The van der Waals surface area contributed by atoms with Crippen LogP contribution in [0.1, 0.15) is 45.7 Å². The van der Waals surface area contributed by atoms with Gasteiger partial charge in [-0.05, 0) is 31.8 Å². The van der Waals surface area contributed by atoms with Crippen LogP contribution >= 0.6 is 0 Å². The van der Waals surface area contributed by atoms with Gasteiger partial charge in [-0.1, -0.05) is 20.8 Å². The van der Waals surface area contributed by atoms with E-state index in [-0.39, 0.29) is 11.3 Å². The van der Waals surface area contributed by atoms with Gasteiger partial charge in [0.15, 0.2) is 5.82 Å². The molecule has 0 saturated carbocycles. The van der Waals surface area contributed by atoms with Crippen LogP contribution in [0.25, 0.3) is 0 Å². The standard InChI is InChI=1S/C14H24N4O/c1-14(2,3)11-8-12(18-17-11)16-13(19)5-4-10-6-7-15-9-10/h8,10,15H,4-7,9H2,1-3H3,(H2,16,17,18,19). The van der Waals surface area contributed by atoms with Crippen LogP contribution < -0.4 is 10.6 Å². The summed E-state index contributed by atoms with van der Waals surface area (Å²) in [6.45, 7) is 8.46. The number of H-pyrrole nitrogens is 1. The van der Waals surface area contributed by atoms with Gasteiger partial charge in [-0.3, -0.25) is 9.89 Å². The number of hydrogen-bond donors (Lipinski definition) is 3. The Morgan fingerprint density at radius 1 is 1.53 bits per heavy atom. The van der Waals surface area contributed by atoms with Crippen LogP contribution in [-0.2, 0) is 10.2 Å². The number of amides is 1. The van der Waals surface area contributed by atoms with Gasteiger partial charge in [-0.2, -0.15) is 5.10 Å². The van der Waals surface area contributed by atoms with Crippen molar-refractivity contribution in [2.24, 2.45) is 5.92 Å². The molecule has 0 bridgehead atoms. The quantitative estimate of drug-likeness (QED) is 0.779. The third-order valence-electron chi connectivity index (χ3n) is 3.60. The Balaban J connectivity index is 1.80. The van der Waals surface area contributed by atoms with Gasteiger partial charge in [0.05, 0.1) is 0 Å². The third-order valence-corrected chi connectivity index (χ3v) is 3.60. The zero-order chi connectivity index (χ0) is 13.9. The fourth-order valence-corrected chi connectivity index (χ4v) is 2.27. The van der Waals surface area contributed by atoms with E-state index in [0.29, 0.717) is 18.2 Å². The fraction of sp³-hybridized carbons (Fsp3) is 0.714. The van der Waals surface area contributed by atoms with Crippen molar-refractivity contribution in [3.63, 3.8) is 0 Å². The fourth-order valence-electron chi connectivity index (χ4n) is 2.27. The molecule has 19 heavy (non-hydrogen) atoms. The molecule has 2 heterocycles. The summed E-state index contributed by atoms with van der Waals surface area (Å²) in [4.78, 5) is 11.8. The Labute approximate surface area is 114 Å². The predicted molar refractivity (Wildman–Crippen MR) is 76.1 cm³/mol. The van der Waals surface area contributed by atoms with E-state index in [0.717, 1.165) is 25.2 Å². The highest BCUT2D eigenvalue weighted by Gasteiger charge is 2.18. The zero-order valence-electron chi connectivity index (χ0n) is 12.0. The van der Waals surface area contributed by atoms with E-state index in [1.165, 1.54) is 6.42 Å². The molecule has 1 aliphatic heterocycles. The Morgan fingerprint density at radius 2 is 2.32 bits per heavy atom. The second kappa shape index (κ2) is 5.74. The molecule has 1 unspecified atom stereocenters. The Bertz CT molecular complexity index is 427. The zero-order valence-corrected chi connectivity index (χ0v) is 12.0. The van der Waals surface area contributed by atoms with Crippen LogP contribution in [-0.4, -0.2) is 29.2 Å². The molecule has 1 aromatic heterocycles. The number of aromatic amines is 1. The van der Waals surface area contributed by atoms with Crippen LogP contribution in [0, 0.1) is 5.92 Å². The van der Waals surface area contributed by atoms with Gasteiger partial charge in [0, 0.05) is 23.6 Å². The van der Waals surface area contributed by atoms with E-state index >= 15 is 0 Å². The summed E-state index contributed by atoms with van der Waals surface area (Å²) in [7, 11) is 0. The maximum Gasteiger partial charge on any atom is 0.225 e. The van der Waals surface area contributed by atoms with Crippen molar-refractivity contribution in [2.75, 3.05) is 18.4 Å². The van der Waals surface area contributed by atoms with E-state index < -0.39 is 0 Å². The van der Waals surface area contributed by atoms with Gasteiger partial charge in [0.2, 0.25) is 5.91 Å². The Morgan fingerprint density at radius 3 is 2.89 bits per heavy atom. The molecule has 0 radical (unpaired) electrons. The largest absolute Gasteiger partial charge is 0.316 e. The second-order valence-electron chi connectivity index (χ2n) is 6.36. The minimum Gasteiger partial charge on any atom is -0.316 e.